The zero-order valence-corrected chi connectivity index (χ0v) is 7.72. The second kappa shape index (κ2) is 5.52. The fourth-order valence-corrected chi connectivity index (χ4v) is 0.736. The molecule has 0 atom stereocenters. The summed E-state index contributed by atoms with van der Waals surface area (Å²) in [6, 6.07) is 0. The monoisotopic (exact) mass is 170 g/mol. The molecular formula is C9H14O3. The lowest BCUT2D eigenvalue weighted by Gasteiger charge is -1.97. The number of hydrogen-bond donors (Lipinski definition) is 0. The molecule has 0 rings (SSSR count). The Morgan fingerprint density at radius 2 is 1.92 bits per heavy atom. The first-order valence-electron chi connectivity index (χ1n) is 3.82. The predicted octanol–water partition coefficient (Wildman–Crippen LogP) is 1.47. The number of rotatable bonds is 4. The number of methoxy groups -OCH3 is 1. The summed E-state index contributed by atoms with van der Waals surface area (Å²) < 4.78 is 4.48. The van der Waals surface area contributed by atoms with Crippen LogP contribution in [0.2, 0.25) is 0 Å². The van der Waals surface area contributed by atoms with Crippen molar-refractivity contribution in [3.63, 3.8) is 0 Å². The van der Waals surface area contributed by atoms with Crippen LogP contribution in [0.5, 0.6) is 0 Å². The summed E-state index contributed by atoms with van der Waals surface area (Å²) in [5, 5.41) is 0. The summed E-state index contributed by atoms with van der Waals surface area (Å²) in [5.74, 6) is -0.206. The number of esters is 1. The Bertz CT molecular complexity index is 204. The fourth-order valence-electron chi connectivity index (χ4n) is 0.736. The van der Waals surface area contributed by atoms with Gasteiger partial charge in [-0.3, -0.25) is 0 Å². The zero-order valence-electron chi connectivity index (χ0n) is 7.72. The normalized spacial score (nSPS) is 11.1. The Balaban J connectivity index is 3.84. The number of carbonyl (C=O) groups excluding carboxylic acids is 2. The van der Waals surface area contributed by atoms with Crippen molar-refractivity contribution in [3.05, 3.63) is 11.6 Å². The van der Waals surface area contributed by atoms with E-state index in [-0.39, 0.29) is 11.8 Å². The maximum atomic E-state index is 10.8. The van der Waals surface area contributed by atoms with Crippen molar-refractivity contribution in [1.82, 2.24) is 0 Å². The quantitative estimate of drug-likeness (QED) is 0.474. The molecule has 0 amide bonds. The molecule has 0 unspecified atom stereocenters. The third-order valence-corrected chi connectivity index (χ3v) is 1.45. The molecule has 3 heteroatoms. The van der Waals surface area contributed by atoms with E-state index in [2.05, 4.69) is 4.74 Å². The molecule has 0 aromatic rings. The van der Waals surface area contributed by atoms with Gasteiger partial charge in [-0.25, -0.2) is 4.79 Å². The fraction of sp³-hybridized carbons (Fsp3) is 0.556. The van der Waals surface area contributed by atoms with Gasteiger partial charge in [-0.15, -0.1) is 0 Å². The Kier molecular flexibility index (Phi) is 5.00. The first-order valence-corrected chi connectivity index (χ1v) is 3.82. The summed E-state index contributed by atoms with van der Waals surface area (Å²) >= 11 is 0. The number of ether oxygens (including phenoxy) is 1. The van der Waals surface area contributed by atoms with E-state index < -0.39 is 0 Å². The van der Waals surface area contributed by atoms with Crippen LogP contribution >= 0.6 is 0 Å². The second-order valence-electron chi connectivity index (χ2n) is 2.62. The Morgan fingerprint density at radius 3 is 2.33 bits per heavy atom. The van der Waals surface area contributed by atoms with Crippen molar-refractivity contribution < 1.29 is 14.3 Å². The number of carbonyl (C=O) groups is 2. The summed E-state index contributed by atoms with van der Waals surface area (Å²) in [5.41, 5.74) is 0.554. The highest BCUT2D eigenvalue weighted by atomic mass is 16.5. The molecule has 0 N–H and O–H groups in total. The molecule has 0 aromatic heterocycles. The van der Waals surface area contributed by atoms with Crippen LogP contribution in [0.1, 0.15) is 26.7 Å². The third kappa shape index (κ3) is 4.66. The molecule has 3 nitrogen and oxygen atoms in total. The Hall–Kier alpha value is -1.12. The lowest BCUT2D eigenvalue weighted by atomic mass is 10.2. The van der Waals surface area contributed by atoms with Crippen molar-refractivity contribution in [2.75, 3.05) is 7.11 Å². The lowest BCUT2D eigenvalue weighted by molar-refractivity contribution is -0.136. The summed E-state index contributed by atoms with van der Waals surface area (Å²) in [7, 11) is 1.34. The highest BCUT2D eigenvalue weighted by Gasteiger charge is 2.01. The van der Waals surface area contributed by atoms with Crippen LogP contribution < -0.4 is 0 Å². The van der Waals surface area contributed by atoms with Gasteiger partial charge in [0, 0.05) is 12.0 Å². The Morgan fingerprint density at radius 1 is 1.33 bits per heavy atom. The number of Topliss-reactive ketones (excluding diaryl/α,β-unsaturated/α-hetero) is 1. The maximum absolute atomic E-state index is 10.8. The van der Waals surface area contributed by atoms with E-state index in [1.807, 2.05) is 0 Å². The molecular weight excluding hydrogens is 156 g/mol. The van der Waals surface area contributed by atoms with Crippen LogP contribution in [0.3, 0.4) is 0 Å². The Labute approximate surface area is 72.4 Å². The van der Waals surface area contributed by atoms with Crippen molar-refractivity contribution in [2.45, 2.75) is 26.7 Å². The van der Waals surface area contributed by atoms with E-state index in [0.717, 1.165) is 0 Å². The second-order valence-corrected chi connectivity index (χ2v) is 2.62. The summed E-state index contributed by atoms with van der Waals surface area (Å²) in [6.07, 6.45) is 2.80. The summed E-state index contributed by atoms with van der Waals surface area (Å²) in [6.45, 7) is 3.20. The van der Waals surface area contributed by atoms with Crippen LogP contribution in [0.4, 0.5) is 0 Å². The van der Waals surface area contributed by atoms with Crippen LogP contribution in [-0.4, -0.2) is 18.9 Å². The van der Waals surface area contributed by atoms with E-state index in [1.165, 1.54) is 14.0 Å². The van der Waals surface area contributed by atoms with Gasteiger partial charge in [0.15, 0.2) is 0 Å². The first kappa shape index (κ1) is 10.9. The van der Waals surface area contributed by atoms with E-state index in [1.54, 1.807) is 13.0 Å². The van der Waals surface area contributed by atoms with Crippen LogP contribution in [0.15, 0.2) is 11.6 Å². The van der Waals surface area contributed by atoms with Gasteiger partial charge < -0.3 is 9.53 Å². The highest BCUT2D eigenvalue weighted by molar-refractivity contribution is 5.87. The van der Waals surface area contributed by atoms with E-state index in [4.69, 9.17) is 0 Å². The average Bonchev–Trinajstić information content (AvgIpc) is 2.02. The molecule has 0 radical (unpaired) electrons. The molecule has 0 aliphatic carbocycles. The van der Waals surface area contributed by atoms with Gasteiger partial charge in [-0.2, -0.15) is 0 Å². The van der Waals surface area contributed by atoms with Crippen LogP contribution in [-0.2, 0) is 14.3 Å². The molecule has 0 aliphatic rings. The summed E-state index contributed by atoms with van der Waals surface area (Å²) in [4.78, 5) is 21.3. The van der Waals surface area contributed by atoms with Gasteiger partial charge in [0.05, 0.1) is 7.11 Å². The minimum Gasteiger partial charge on any atom is -0.466 e. The van der Waals surface area contributed by atoms with Crippen LogP contribution in [0.25, 0.3) is 0 Å². The molecule has 68 valence electrons. The highest BCUT2D eigenvalue weighted by Crippen LogP contribution is 2.00. The molecule has 0 aromatic carbocycles. The van der Waals surface area contributed by atoms with Crippen molar-refractivity contribution in [3.8, 4) is 0 Å². The largest absolute Gasteiger partial charge is 0.466 e. The van der Waals surface area contributed by atoms with E-state index >= 15 is 0 Å². The average molecular weight is 170 g/mol. The standard InChI is InChI=1S/C9H14O3/c1-7(9(11)12-3)5-4-6-8(2)10/h5H,4,6H2,1-3H3/b7-5+. The van der Waals surface area contributed by atoms with Crippen LogP contribution in [0, 0.1) is 0 Å². The molecule has 12 heavy (non-hydrogen) atoms. The lowest BCUT2D eigenvalue weighted by Crippen LogP contribution is -2.01. The van der Waals surface area contributed by atoms with Gasteiger partial charge >= 0.3 is 5.97 Å². The van der Waals surface area contributed by atoms with Gasteiger partial charge in [0.1, 0.15) is 5.78 Å². The molecule has 0 saturated carbocycles. The van der Waals surface area contributed by atoms with E-state index in [9.17, 15) is 9.59 Å². The van der Waals surface area contributed by atoms with Crippen molar-refractivity contribution in [2.24, 2.45) is 0 Å². The minimum absolute atomic E-state index is 0.129. The topological polar surface area (TPSA) is 43.4 Å². The predicted molar refractivity (Wildman–Crippen MR) is 45.7 cm³/mol. The SMILES string of the molecule is COC(=O)/C(C)=C/CCC(C)=O. The van der Waals surface area contributed by atoms with Gasteiger partial charge in [-0.1, -0.05) is 6.08 Å². The number of ketones is 1. The van der Waals surface area contributed by atoms with Gasteiger partial charge in [-0.05, 0) is 20.3 Å². The minimum atomic E-state index is -0.335. The van der Waals surface area contributed by atoms with Crippen molar-refractivity contribution >= 4 is 11.8 Å². The molecule has 0 aliphatic heterocycles. The third-order valence-electron chi connectivity index (χ3n) is 1.45. The smallest absolute Gasteiger partial charge is 0.333 e. The zero-order chi connectivity index (χ0) is 9.56. The molecule has 0 saturated heterocycles. The molecule has 0 spiro atoms. The molecule has 0 bridgehead atoms. The number of hydrogen-bond acceptors (Lipinski definition) is 3. The molecule has 0 heterocycles. The van der Waals surface area contributed by atoms with Crippen molar-refractivity contribution in [1.29, 1.82) is 0 Å². The van der Waals surface area contributed by atoms with Gasteiger partial charge in [0.2, 0.25) is 0 Å². The van der Waals surface area contributed by atoms with Gasteiger partial charge in [0.25, 0.3) is 0 Å². The first-order chi connectivity index (χ1) is 5.57. The molecule has 0 fully saturated rings. The maximum Gasteiger partial charge on any atom is 0.333 e. The number of allylic oxidation sites excluding steroid dienone is 1. The van der Waals surface area contributed by atoms with E-state index in [0.29, 0.717) is 18.4 Å².